The molecule has 0 aliphatic heterocycles. The molecule has 0 spiro atoms. The van der Waals surface area contributed by atoms with Crippen LogP contribution < -0.4 is 0 Å². The molecule has 4 nitrogen and oxygen atoms in total. The number of benzene rings is 1. The summed E-state index contributed by atoms with van der Waals surface area (Å²) in [6.07, 6.45) is 2.52. The quantitative estimate of drug-likeness (QED) is 0.490. The molecule has 1 aromatic carbocycles. The highest BCUT2D eigenvalue weighted by molar-refractivity contribution is 9.10. The zero-order valence-electron chi connectivity index (χ0n) is 8.65. The van der Waals surface area contributed by atoms with E-state index in [2.05, 4.69) is 15.9 Å². The van der Waals surface area contributed by atoms with Crippen molar-refractivity contribution >= 4 is 15.9 Å². The van der Waals surface area contributed by atoms with Crippen molar-refractivity contribution in [3.05, 3.63) is 37.8 Å². The Balaban J connectivity index is 2.41. The SMILES string of the molecule is O=[N+]([O-])C1CCCc2ccc(Br)c(O)c2C1. The Labute approximate surface area is 102 Å². The molecule has 16 heavy (non-hydrogen) atoms. The second kappa shape index (κ2) is 4.41. The maximum Gasteiger partial charge on any atom is 0.217 e. The van der Waals surface area contributed by atoms with Crippen molar-refractivity contribution in [2.24, 2.45) is 0 Å². The van der Waals surface area contributed by atoms with Crippen LogP contribution in [0.1, 0.15) is 24.0 Å². The summed E-state index contributed by atoms with van der Waals surface area (Å²) >= 11 is 3.24. The molecule has 1 aliphatic rings. The number of hydrogen-bond donors (Lipinski definition) is 1. The predicted octanol–water partition coefficient (Wildman–Crippen LogP) is 2.68. The number of aromatic hydroxyl groups is 1. The van der Waals surface area contributed by atoms with Crippen LogP contribution in [0, 0.1) is 10.1 Å². The number of phenolic OH excluding ortho intramolecular Hbond substituents is 1. The van der Waals surface area contributed by atoms with Crippen molar-refractivity contribution in [2.75, 3.05) is 0 Å². The van der Waals surface area contributed by atoms with Gasteiger partial charge in [-0.05, 0) is 40.4 Å². The van der Waals surface area contributed by atoms with Crippen molar-refractivity contribution in [2.45, 2.75) is 31.7 Å². The first-order chi connectivity index (χ1) is 7.59. The number of fused-ring (bicyclic) bond motifs is 1. The molecule has 0 saturated carbocycles. The van der Waals surface area contributed by atoms with E-state index in [0.29, 0.717) is 17.3 Å². The number of hydrogen-bond acceptors (Lipinski definition) is 3. The van der Waals surface area contributed by atoms with Crippen LogP contribution in [0.2, 0.25) is 0 Å². The summed E-state index contributed by atoms with van der Waals surface area (Å²) in [5.41, 5.74) is 1.76. The van der Waals surface area contributed by atoms with Gasteiger partial charge in [0, 0.05) is 23.3 Å². The average molecular weight is 286 g/mol. The topological polar surface area (TPSA) is 63.4 Å². The van der Waals surface area contributed by atoms with Gasteiger partial charge in [0.1, 0.15) is 5.75 Å². The van der Waals surface area contributed by atoms with E-state index in [9.17, 15) is 15.2 Å². The van der Waals surface area contributed by atoms with Crippen LogP contribution in [0.15, 0.2) is 16.6 Å². The highest BCUT2D eigenvalue weighted by atomic mass is 79.9. The van der Waals surface area contributed by atoms with Gasteiger partial charge in [0.15, 0.2) is 0 Å². The van der Waals surface area contributed by atoms with Crippen LogP contribution in [0.5, 0.6) is 5.75 Å². The van der Waals surface area contributed by atoms with Crippen molar-refractivity contribution in [3.63, 3.8) is 0 Å². The fraction of sp³-hybridized carbons (Fsp3) is 0.455. The number of nitrogens with zero attached hydrogens (tertiary/aromatic N) is 1. The Morgan fingerprint density at radius 3 is 2.94 bits per heavy atom. The third-order valence-corrected chi connectivity index (χ3v) is 3.69. The molecule has 0 bridgehead atoms. The molecular formula is C11H12BrNO3. The summed E-state index contributed by atoms with van der Waals surface area (Å²) in [6, 6.07) is 3.16. The lowest BCUT2D eigenvalue weighted by Gasteiger charge is -2.10. The largest absolute Gasteiger partial charge is 0.506 e. The van der Waals surface area contributed by atoms with E-state index in [1.807, 2.05) is 6.07 Å². The van der Waals surface area contributed by atoms with Crippen LogP contribution in [-0.2, 0) is 12.8 Å². The van der Waals surface area contributed by atoms with Gasteiger partial charge in [-0.15, -0.1) is 0 Å². The minimum Gasteiger partial charge on any atom is -0.506 e. The van der Waals surface area contributed by atoms with Gasteiger partial charge in [-0.3, -0.25) is 10.1 Å². The fourth-order valence-electron chi connectivity index (χ4n) is 2.16. The summed E-state index contributed by atoms with van der Waals surface area (Å²) in [7, 11) is 0. The van der Waals surface area contributed by atoms with Gasteiger partial charge < -0.3 is 5.11 Å². The summed E-state index contributed by atoms with van der Waals surface area (Å²) in [4.78, 5) is 10.6. The van der Waals surface area contributed by atoms with Crippen LogP contribution in [-0.4, -0.2) is 16.1 Å². The first kappa shape index (κ1) is 11.4. The maximum absolute atomic E-state index is 10.8. The van der Waals surface area contributed by atoms with Crippen LogP contribution in [0.4, 0.5) is 0 Å². The molecule has 1 atom stereocenters. The molecule has 2 rings (SSSR count). The van der Waals surface area contributed by atoms with E-state index in [0.717, 1.165) is 24.0 Å². The lowest BCUT2D eigenvalue weighted by Crippen LogP contribution is -2.21. The number of rotatable bonds is 1. The van der Waals surface area contributed by atoms with Crippen LogP contribution in [0.25, 0.3) is 0 Å². The van der Waals surface area contributed by atoms with Gasteiger partial charge in [-0.1, -0.05) is 6.07 Å². The molecule has 0 aromatic heterocycles. The van der Waals surface area contributed by atoms with E-state index in [1.165, 1.54) is 0 Å². The standard InChI is InChI=1S/C11H12BrNO3/c12-10-5-4-7-2-1-3-8(13(15)16)6-9(7)11(10)14/h4-5,8,14H,1-3,6H2. The minimum absolute atomic E-state index is 0.159. The van der Waals surface area contributed by atoms with Crippen molar-refractivity contribution in [1.29, 1.82) is 0 Å². The Hall–Kier alpha value is -1.10. The molecule has 0 saturated heterocycles. The lowest BCUT2D eigenvalue weighted by atomic mass is 10.0. The monoisotopic (exact) mass is 285 g/mol. The van der Waals surface area contributed by atoms with Crippen LogP contribution in [0.3, 0.4) is 0 Å². The van der Waals surface area contributed by atoms with Crippen LogP contribution >= 0.6 is 15.9 Å². The Morgan fingerprint density at radius 2 is 2.25 bits per heavy atom. The maximum atomic E-state index is 10.8. The molecule has 1 unspecified atom stereocenters. The number of aryl methyl sites for hydroxylation is 1. The average Bonchev–Trinajstić information content (AvgIpc) is 2.46. The highest BCUT2D eigenvalue weighted by Crippen LogP contribution is 2.34. The molecule has 86 valence electrons. The van der Waals surface area contributed by atoms with E-state index < -0.39 is 6.04 Å². The van der Waals surface area contributed by atoms with Gasteiger partial charge in [0.2, 0.25) is 6.04 Å². The third kappa shape index (κ3) is 2.04. The predicted molar refractivity (Wildman–Crippen MR) is 63.2 cm³/mol. The fourth-order valence-corrected chi connectivity index (χ4v) is 2.53. The molecule has 0 amide bonds. The second-order valence-electron chi connectivity index (χ2n) is 4.07. The van der Waals surface area contributed by atoms with E-state index >= 15 is 0 Å². The first-order valence-electron chi connectivity index (χ1n) is 5.22. The van der Waals surface area contributed by atoms with E-state index in [1.54, 1.807) is 6.07 Å². The van der Waals surface area contributed by atoms with E-state index in [-0.39, 0.29) is 10.7 Å². The van der Waals surface area contributed by atoms with Gasteiger partial charge in [-0.25, -0.2) is 0 Å². The Bertz CT molecular complexity index is 433. The molecular weight excluding hydrogens is 274 g/mol. The summed E-state index contributed by atoms with van der Waals surface area (Å²) in [6.45, 7) is 0. The molecule has 1 aliphatic carbocycles. The van der Waals surface area contributed by atoms with Gasteiger partial charge in [0.25, 0.3) is 0 Å². The molecule has 1 aromatic rings. The first-order valence-corrected chi connectivity index (χ1v) is 6.01. The molecule has 0 heterocycles. The smallest absolute Gasteiger partial charge is 0.217 e. The second-order valence-corrected chi connectivity index (χ2v) is 4.92. The zero-order valence-corrected chi connectivity index (χ0v) is 10.2. The highest BCUT2D eigenvalue weighted by Gasteiger charge is 2.27. The van der Waals surface area contributed by atoms with Gasteiger partial charge in [-0.2, -0.15) is 0 Å². The lowest BCUT2D eigenvalue weighted by molar-refractivity contribution is -0.522. The summed E-state index contributed by atoms with van der Waals surface area (Å²) in [5.74, 6) is 0.159. The van der Waals surface area contributed by atoms with Gasteiger partial charge in [0.05, 0.1) is 4.47 Å². The van der Waals surface area contributed by atoms with Gasteiger partial charge >= 0.3 is 0 Å². The summed E-state index contributed by atoms with van der Waals surface area (Å²) in [5, 5.41) is 20.7. The number of nitro groups is 1. The summed E-state index contributed by atoms with van der Waals surface area (Å²) < 4.78 is 0.607. The number of phenols is 1. The Morgan fingerprint density at radius 1 is 1.50 bits per heavy atom. The molecule has 5 heteroatoms. The van der Waals surface area contributed by atoms with Crippen molar-refractivity contribution < 1.29 is 10.0 Å². The van der Waals surface area contributed by atoms with Crippen molar-refractivity contribution in [1.82, 2.24) is 0 Å². The van der Waals surface area contributed by atoms with Crippen molar-refractivity contribution in [3.8, 4) is 5.75 Å². The Kier molecular flexibility index (Phi) is 3.14. The molecule has 1 N–H and O–H groups in total. The van der Waals surface area contributed by atoms with E-state index in [4.69, 9.17) is 0 Å². The third-order valence-electron chi connectivity index (χ3n) is 3.05. The molecule has 0 fully saturated rings. The number of halogens is 1. The zero-order chi connectivity index (χ0) is 11.7. The minimum atomic E-state index is -0.568. The molecule has 0 radical (unpaired) electrons. The normalized spacial score (nSPS) is 19.9.